The third kappa shape index (κ3) is 2.57. The third-order valence-electron chi connectivity index (χ3n) is 1.80. The summed E-state index contributed by atoms with van der Waals surface area (Å²) in [4.78, 5) is 8.25. The maximum atomic E-state index is 5.05. The SMILES string of the molecule is CC(C)Nc1nc(-c2cncc(Br)c2)no1. The van der Waals surface area contributed by atoms with Crippen LogP contribution in [0.25, 0.3) is 11.4 Å². The number of pyridine rings is 1. The van der Waals surface area contributed by atoms with Crippen molar-refractivity contribution >= 4 is 21.9 Å². The average Bonchev–Trinajstić information content (AvgIpc) is 2.65. The first-order valence-corrected chi connectivity index (χ1v) is 5.65. The zero-order valence-electron chi connectivity index (χ0n) is 8.94. The van der Waals surface area contributed by atoms with E-state index in [0.29, 0.717) is 11.8 Å². The molecule has 0 fully saturated rings. The molecule has 84 valence electrons. The molecule has 5 nitrogen and oxygen atoms in total. The van der Waals surface area contributed by atoms with Gasteiger partial charge in [0.15, 0.2) is 0 Å². The summed E-state index contributed by atoms with van der Waals surface area (Å²) in [5, 5.41) is 6.91. The van der Waals surface area contributed by atoms with Crippen molar-refractivity contribution in [1.82, 2.24) is 15.1 Å². The van der Waals surface area contributed by atoms with Crippen LogP contribution in [0.1, 0.15) is 13.8 Å². The fourth-order valence-corrected chi connectivity index (χ4v) is 1.55. The van der Waals surface area contributed by atoms with Crippen LogP contribution >= 0.6 is 15.9 Å². The largest absolute Gasteiger partial charge is 0.336 e. The summed E-state index contributed by atoms with van der Waals surface area (Å²) in [5.41, 5.74) is 0.815. The van der Waals surface area contributed by atoms with E-state index >= 15 is 0 Å². The van der Waals surface area contributed by atoms with Gasteiger partial charge in [0.05, 0.1) is 0 Å². The van der Waals surface area contributed by atoms with Crippen molar-refractivity contribution in [3.63, 3.8) is 0 Å². The maximum Gasteiger partial charge on any atom is 0.321 e. The molecule has 0 atom stereocenters. The van der Waals surface area contributed by atoms with Crippen LogP contribution in [0, 0.1) is 0 Å². The predicted molar refractivity (Wildman–Crippen MR) is 64.0 cm³/mol. The Morgan fingerprint density at radius 3 is 2.88 bits per heavy atom. The van der Waals surface area contributed by atoms with Crippen molar-refractivity contribution in [2.24, 2.45) is 0 Å². The highest BCUT2D eigenvalue weighted by atomic mass is 79.9. The summed E-state index contributed by atoms with van der Waals surface area (Å²) < 4.78 is 5.94. The van der Waals surface area contributed by atoms with Gasteiger partial charge in [-0.1, -0.05) is 5.16 Å². The lowest BCUT2D eigenvalue weighted by molar-refractivity contribution is 0.429. The Kier molecular flexibility index (Phi) is 3.19. The molecule has 16 heavy (non-hydrogen) atoms. The van der Waals surface area contributed by atoms with Gasteiger partial charge in [-0.15, -0.1) is 0 Å². The highest BCUT2D eigenvalue weighted by Gasteiger charge is 2.09. The zero-order valence-corrected chi connectivity index (χ0v) is 10.5. The van der Waals surface area contributed by atoms with Crippen LogP contribution in [0.2, 0.25) is 0 Å². The van der Waals surface area contributed by atoms with Crippen molar-refractivity contribution in [2.45, 2.75) is 19.9 Å². The number of anilines is 1. The molecule has 0 saturated heterocycles. The smallest absolute Gasteiger partial charge is 0.321 e. The minimum atomic E-state index is 0.258. The minimum Gasteiger partial charge on any atom is -0.336 e. The van der Waals surface area contributed by atoms with E-state index in [0.717, 1.165) is 10.0 Å². The first-order valence-electron chi connectivity index (χ1n) is 4.86. The van der Waals surface area contributed by atoms with E-state index in [2.05, 4.69) is 36.4 Å². The maximum absolute atomic E-state index is 5.05. The van der Waals surface area contributed by atoms with Gasteiger partial charge in [-0.05, 0) is 35.8 Å². The Hall–Kier alpha value is -1.43. The second-order valence-corrected chi connectivity index (χ2v) is 4.53. The van der Waals surface area contributed by atoms with E-state index in [1.807, 2.05) is 19.9 Å². The number of rotatable bonds is 3. The summed E-state index contributed by atoms with van der Waals surface area (Å²) in [6, 6.07) is 2.57. The standard InChI is InChI=1S/C10H11BrN4O/c1-6(2)13-10-14-9(15-16-10)7-3-8(11)5-12-4-7/h3-6H,1-2H3,(H,13,14,15). The molecule has 0 aliphatic heterocycles. The molecule has 6 heteroatoms. The lowest BCUT2D eigenvalue weighted by Crippen LogP contribution is -2.09. The summed E-state index contributed by atoms with van der Waals surface area (Å²) >= 11 is 3.34. The quantitative estimate of drug-likeness (QED) is 0.938. The summed E-state index contributed by atoms with van der Waals surface area (Å²) in [5.74, 6) is 0.525. The lowest BCUT2D eigenvalue weighted by Gasteiger charge is -2.01. The van der Waals surface area contributed by atoms with Crippen molar-refractivity contribution in [1.29, 1.82) is 0 Å². The zero-order chi connectivity index (χ0) is 11.5. The van der Waals surface area contributed by atoms with E-state index in [-0.39, 0.29) is 6.04 Å². The number of hydrogen-bond donors (Lipinski definition) is 1. The van der Waals surface area contributed by atoms with Gasteiger partial charge in [0.1, 0.15) is 0 Å². The molecule has 2 aromatic heterocycles. The summed E-state index contributed by atoms with van der Waals surface area (Å²) in [7, 11) is 0. The van der Waals surface area contributed by atoms with Gasteiger partial charge >= 0.3 is 6.01 Å². The molecule has 2 rings (SSSR count). The van der Waals surface area contributed by atoms with Gasteiger partial charge in [0.25, 0.3) is 0 Å². The molecule has 0 aromatic carbocycles. The molecule has 0 saturated carbocycles. The Morgan fingerprint density at radius 1 is 1.38 bits per heavy atom. The molecule has 0 radical (unpaired) electrons. The van der Waals surface area contributed by atoms with Crippen LogP contribution in [0.4, 0.5) is 6.01 Å². The molecule has 1 N–H and O–H groups in total. The molecular formula is C10H11BrN4O. The molecule has 0 spiro atoms. The Bertz CT molecular complexity index is 483. The van der Waals surface area contributed by atoms with Crippen molar-refractivity contribution < 1.29 is 4.52 Å². The number of hydrogen-bond acceptors (Lipinski definition) is 5. The molecule has 0 unspecified atom stereocenters. The van der Waals surface area contributed by atoms with Crippen LogP contribution in [0.15, 0.2) is 27.5 Å². The topological polar surface area (TPSA) is 63.8 Å². The first kappa shape index (κ1) is 11.1. The van der Waals surface area contributed by atoms with E-state index in [1.54, 1.807) is 12.4 Å². The second-order valence-electron chi connectivity index (χ2n) is 3.61. The Balaban J connectivity index is 2.24. The molecule has 2 aromatic rings. The van der Waals surface area contributed by atoms with Gasteiger partial charge in [-0.3, -0.25) is 4.98 Å². The van der Waals surface area contributed by atoms with Crippen molar-refractivity contribution in [2.75, 3.05) is 5.32 Å². The molecule has 0 bridgehead atoms. The number of aromatic nitrogens is 3. The van der Waals surface area contributed by atoms with Crippen LogP contribution in [0.3, 0.4) is 0 Å². The highest BCUT2D eigenvalue weighted by molar-refractivity contribution is 9.10. The summed E-state index contributed by atoms with van der Waals surface area (Å²) in [6.45, 7) is 4.01. The van der Waals surface area contributed by atoms with Crippen LogP contribution < -0.4 is 5.32 Å². The van der Waals surface area contributed by atoms with Crippen LogP contribution in [-0.2, 0) is 0 Å². The summed E-state index contributed by atoms with van der Waals surface area (Å²) in [6.07, 6.45) is 3.39. The average molecular weight is 283 g/mol. The predicted octanol–water partition coefficient (Wildman–Crippen LogP) is 2.71. The van der Waals surface area contributed by atoms with Gasteiger partial charge in [-0.25, -0.2) is 0 Å². The number of nitrogens with zero attached hydrogens (tertiary/aromatic N) is 3. The van der Waals surface area contributed by atoms with E-state index < -0.39 is 0 Å². The lowest BCUT2D eigenvalue weighted by atomic mass is 10.3. The molecule has 2 heterocycles. The van der Waals surface area contributed by atoms with Gasteiger partial charge in [-0.2, -0.15) is 4.98 Å². The van der Waals surface area contributed by atoms with Gasteiger partial charge in [0, 0.05) is 28.5 Å². The second kappa shape index (κ2) is 4.61. The highest BCUT2D eigenvalue weighted by Crippen LogP contribution is 2.20. The molecule has 0 aliphatic carbocycles. The molecular weight excluding hydrogens is 272 g/mol. The third-order valence-corrected chi connectivity index (χ3v) is 2.23. The minimum absolute atomic E-state index is 0.258. The van der Waals surface area contributed by atoms with Crippen molar-refractivity contribution in [3.05, 3.63) is 22.9 Å². The fourth-order valence-electron chi connectivity index (χ4n) is 1.18. The van der Waals surface area contributed by atoms with Crippen LogP contribution in [-0.4, -0.2) is 21.2 Å². The first-order chi connectivity index (χ1) is 7.65. The van der Waals surface area contributed by atoms with Crippen molar-refractivity contribution in [3.8, 4) is 11.4 Å². The molecule has 0 amide bonds. The van der Waals surface area contributed by atoms with E-state index in [9.17, 15) is 0 Å². The van der Waals surface area contributed by atoms with Gasteiger partial charge in [0.2, 0.25) is 5.82 Å². The van der Waals surface area contributed by atoms with Gasteiger partial charge < -0.3 is 9.84 Å². The van der Waals surface area contributed by atoms with E-state index in [1.165, 1.54) is 0 Å². The normalized spacial score (nSPS) is 10.8. The molecule has 0 aliphatic rings. The Morgan fingerprint density at radius 2 is 2.19 bits per heavy atom. The van der Waals surface area contributed by atoms with Crippen LogP contribution in [0.5, 0.6) is 0 Å². The monoisotopic (exact) mass is 282 g/mol. The fraction of sp³-hybridized carbons (Fsp3) is 0.300. The Labute approximate surface area is 101 Å². The number of halogens is 1. The van der Waals surface area contributed by atoms with E-state index in [4.69, 9.17) is 4.52 Å². The number of nitrogens with one attached hydrogen (secondary N) is 1.